The van der Waals surface area contributed by atoms with E-state index >= 15 is 0 Å². The Morgan fingerprint density at radius 3 is 2.74 bits per heavy atom. The minimum Gasteiger partial charge on any atom is -0.370 e. The van der Waals surface area contributed by atoms with Crippen molar-refractivity contribution in [2.24, 2.45) is 0 Å². The summed E-state index contributed by atoms with van der Waals surface area (Å²) in [5.74, 6) is 6.46. The fourth-order valence-corrected chi connectivity index (χ4v) is 4.40. The number of ether oxygens (including phenoxy) is 1. The lowest BCUT2D eigenvalue weighted by molar-refractivity contribution is -0.384. The third-order valence-electron chi connectivity index (χ3n) is 4.72. The zero-order chi connectivity index (χ0) is 19.3. The van der Waals surface area contributed by atoms with Gasteiger partial charge in [0.2, 0.25) is 0 Å². The molecule has 27 heavy (non-hydrogen) atoms. The number of aromatic nitrogens is 2. The number of nitrogens with two attached hydrogens (primary N) is 1. The molecule has 0 saturated carbocycles. The lowest BCUT2D eigenvalue weighted by atomic mass is 9.94. The number of hydrogen-bond acceptors (Lipinski definition) is 7. The summed E-state index contributed by atoms with van der Waals surface area (Å²) in [4.78, 5) is 29.5. The Balaban J connectivity index is 1.76. The van der Waals surface area contributed by atoms with Crippen molar-refractivity contribution in [3.05, 3.63) is 66.6 Å². The Bertz CT molecular complexity index is 1120. The molecule has 4 rings (SSSR count). The molecule has 0 amide bonds. The average molecular weight is 386 g/mol. The van der Waals surface area contributed by atoms with Gasteiger partial charge in [-0.3, -0.25) is 14.9 Å². The van der Waals surface area contributed by atoms with Gasteiger partial charge in [-0.05, 0) is 25.0 Å². The van der Waals surface area contributed by atoms with E-state index in [1.807, 2.05) is 13.8 Å². The first-order valence-corrected chi connectivity index (χ1v) is 9.25. The number of hydrogen-bond donors (Lipinski definition) is 1. The van der Waals surface area contributed by atoms with Crippen molar-refractivity contribution >= 4 is 27.2 Å². The Morgan fingerprint density at radius 1 is 1.37 bits per heavy atom. The van der Waals surface area contributed by atoms with Gasteiger partial charge in [0.15, 0.2) is 0 Å². The number of nitro groups is 1. The molecule has 1 aliphatic rings. The van der Waals surface area contributed by atoms with Crippen molar-refractivity contribution in [1.29, 1.82) is 0 Å². The highest BCUT2D eigenvalue weighted by atomic mass is 32.1. The lowest BCUT2D eigenvalue weighted by Crippen LogP contribution is -2.34. The highest BCUT2D eigenvalue weighted by Crippen LogP contribution is 2.36. The van der Waals surface area contributed by atoms with Crippen LogP contribution in [0, 0.1) is 10.1 Å². The molecule has 0 radical (unpaired) electrons. The van der Waals surface area contributed by atoms with Gasteiger partial charge in [-0.2, -0.15) is 0 Å². The van der Waals surface area contributed by atoms with E-state index in [0.29, 0.717) is 35.5 Å². The van der Waals surface area contributed by atoms with Crippen LogP contribution >= 0.6 is 11.3 Å². The van der Waals surface area contributed by atoms with Crippen molar-refractivity contribution in [2.75, 3.05) is 5.84 Å². The number of nitro benzene ring substituents is 1. The molecule has 0 saturated heterocycles. The van der Waals surface area contributed by atoms with Gasteiger partial charge in [-0.25, -0.2) is 9.66 Å². The van der Waals surface area contributed by atoms with Crippen LogP contribution in [0.2, 0.25) is 0 Å². The number of fused-ring (bicyclic) bond motifs is 3. The monoisotopic (exact) mass is 386 g/mol. The molecular formula is C18H18N4O4S. The van der Waals surface area contributed by atoms with Crippen molar-refractivity contribution in [2.45, 2.75) is 38.9 Å². The predicted molar refractivity (Wildman–Crippen MR) is 103 cm³/mol. The Hall–Kier alpha value is -2.78. The summed E-state index contributed by atoms with van der Waals surface area (Å²) in [6.45, 7) is 4.46. The van der Waals surface area contributed by atoms with Crippen molar-refractivity contribution in [3.8, 4) is 0 Å². The molecule has 140 valence electrons. The maximum absolute atomic E-state index is 12.9. The second-order valence-electron chi connectivity index (χ2n) is 7.21. The van der Waals surface area contributed by atoms with Crippen molar-refractivity contribution < 1.29 is 9.66 Å². The molecule has 9 heteroatoms. The molecule has 1 aromatic carbocycles. The summed E-state index contributed by atoms with van der Waals surface area (Å²) >= 11 is 1.46. The number of nitrogen functional groups attached to an aromatic ring is 1. The third-order valence-corrected chi connectivity index (χ3v) is 5.82. The summed E-state index contributed by atoms with van der Waals surface area (Å²) in [6, 6.07) is 6.14. The fourth-order valence-electron chi connectivity index (χ4n) is 3.29. The van der Waals surface area contributed by atoms with Crippen LogP contribution in [-0.4, -0.2) is 20.2 Å². The maximum atomic E-state index is 12.9. The number of benzene rings is 1. The number of nitrogens with zero attached hydrogens (tertiary/aromatic N) is 3. The molecule has 0 bridgehead atoms. The molecule has 0 spiro atoms. The van der Waals surface area contributed by atoms with E-state index in [-0.39, 0.29) is 16.8 Å². The molecule has 0 aliphatic carbocycles. The third kappa shape index (κ3) is 3.08. The number of thiophene rings is 1. The van der Waals surface area contributed by atoms with Crippen LogP contribution in [0.5, 0.6) is 0 Å². The number of rotatable bonds is 3. The first-order chi connectivity index (χ1) is 12.7. The summed E-state index contributed by atoms with van der Waals surface area (Å²) < 4.78 is 6.92. The molecular weight excluding hydrogens is 368 g/mol. The minimum atomic E-state index is -0.452. The van der Waals surface area contributed by atoms with Crippen LogP contribution < -0.4 is 11.4 Å². The molecule has 0 fully saturated rings. The maximum Gasteiger partial charge on any atom is 0.280 e. The molecule has 3 heterocycles. The predicted octanol–water partition coefficient (Wildman–Crippen LogP) is 2.52. The molecule has 0 unspecified atom stereocenters. The first-order valence-electron chi connectivity index (χ1n) is 8.44. The fraction of sp³-hybridized carbons (Fsp3) is 0.333. The summed E-state index contributed by atoms with van der Waals surface area (Å²) in [5, 5.41) is 11.3. The topological polar surface area (TPSA) is 113 Å². The van der Waals surface area contributed by atoms with E-state index in [1.165, 1.54) is 23.5 Å². The Labute approximate surface area is 158 Å². The van der Waals surface area contributed by atoms with Gasteiger partial charge < -0.3 is 10.6 Å². The van der Waals surface area contributed by atoms with E-state index in [1.54, 1.807) is 12.1 Å². The van der Waals surface area contributed by atoms with Gasteiger partial charge in [0.25, 0.3) is 11.2 Å². The zero-order valence-corrected chi connectivity index (χ0v) is 15.7. The molecule has 2 aromatic heterocycles. The van der Waals surface area contributed by atoms with Crippen LogP contribution in [0.25, 0.3) is 10.2 Å². The van der Waals surface area contributed by atoms with E-state index in [0.717, 1.165) is 20.7 Å². The van der Waals surface area contributed by atoms with Gasteiger partial charge in [0, 0.05) is 29.9 Å². The molecule has 3 aromatic rings. The van der Waals surface area contributed by atoms with Crippen LogP contribution in [0.1, 0.15) is 35.7 Å². The highest BCUT2D eigenvalue weighted by Gasteiger charge is 2.31. The highest BCUT2D eigenvalue weighted by molar-refractivity contribution is 7.18. The SMILES string of the molecule is CC1(C)Cc2c(sc3nc(Cc4ccc([N+](=O)[O-])cc4)n(N)c(=O)c23)CO1. The van der Waals surface area contributed by atoms with E-state index < -0.39 is 4.92 Å². The summed E-state index contributed by atoms with van der Waals surface area (Å²) in [5.41, 5.74) is 1.18. The Kier molecular flexibility index (Phi) is 4.01. The van der Waals surface area contributed by atoms with Crippen LogP contribution in [0.15, 0.2) is 29.1 Å². The first kappa shape index (κ1) is 17.6. The largest absolute Gasteiger partial charge is 0.370 e. The standard InChI is InChI=1S/C18H18N4O4S/c1-18(2)8-12-13(9-26-18)27-16-15(12)17(23)21(19)14(20-16)7-10-3-5-11(6-4-10)22(24)25/h3-6H,7-9,19H2,1-2H3. The molecule has 1 aliphatic heterocycles. The Morgan fingerprint density at radius 2 is 2.07 bits per heavy atom. The van der Waals surface area contributed by atoms with E-state index in [9.17, 15) is 14.9 Å². The second-order valence-corrected chi connectivity index (χ2v) is 8.30. The lowest BCUT2D eigenvalue weighted by Gasteiger charge is -2.29. The van der Waals surface area contributed by atoms with Gasteiger partial charge in [-0.15, -0.1) is 11.3 Å². The molecule has 8 nitrogen and oxygen atoms in total. The summed E-state index contributed by atoms with van der Waals surface area (Å²) in [6.07, 6.45) is 0.950. The van der Waals surface area contributed by atoms with E-state index in [4.69, 9.17) is 10.6 Å². The van der Waals surface area contributed by atoms with Gasteiger partial charge >= 0.3 is 0 Å². The van der Waals surface area contributed by atoms with Gasteiger partial charge in [0.05, 0.1) is 22.5 Å². The summed E-state index contributed by atoms with van der Waals surface area (Å²) in [7, 11) is 0. The van der Waals surface area contributed by atoms with Crippen LogP contribution in [-0.2, 0) is 24.2 Å². The van der Waals surface area contributed by atoms with Crippen molar-refractivity contribution in [1.82, 2.24) is 9.66 Å². The average Bonchev–Trinajstić information content (AvgIpc) is 2.96. The second kappa shape index (κ2) is 6.14. The quantitative estimate of drug-likeness (QED) is 0.420. The van der Waals surface area contributed by atoms with Crippen LogP contribution in [0.3, 0.4) is 0 Å². The molecule has 2 N–H and O–H groups in total. The van der Waals surface area contributed by atoms with Gasteiger partial charge in [-0.1, -0.05) is 12.1 Å². The molecule has 0 atom stereocenters. The van der Waals surface area contributed by atoms with E-state index in [2.05, 4.69) is 4.98 Å². The van der Waals surface area contributed by atoms with Crippen LogP contribution in [0.4, 0.5) is 5.69 Å². The number of non-ortho nitro benzene ring substituents is 1. The smallest absolute Gasteiger partial charge is 0.280 e. The van der Waals surface area contributed by atoms with Gasteiger partial charge in [0.1, 0.15) is 10.7 Å². The van der Waals surface area contributed by atoms with Crippen molar-refractivity contribution in [3.63, 3.8) is 0 Å². The zero-order valence-electron chi connectivity index (χ0n) is 14.9. The normalized spacial score (nSPS) is 15.6. The minimum absolute atomic E-state index is 0.0147.